The minimum Gasteiger partial charge on any atom is -0.393 e. The Morgan fingerprint density at radius 1 is 0.800 bits per heavy atom. The molecule has 4 aliphatic carbocycles. The molecule has 0 amide bonds. The van der Waals surface area contributed by atoms with Crippen LogP contribution in [-0.4, -0.2) is 130 Å². The molecular weight excluding hydrogens is 588 g/mol. The number of hydrogen-bond acceptors (Lipinski definition) is 12. The Morgan fingerprint density at radius 3 is 2.22 bits per heavy atom. The fourth-order valence-electron chi connectivity index (χ4n) is 11.2. The molecule has 0 aromatic heterocycles. The minimum absolute atomic E-state index is 0.0689. The number of hydrogen-bond donors (Lipinski definition) is 7. The lowest BCUT2D eigenvalue weighted by Gasteiger charge is -2.64. The standard InChI is InChI=1S/C33H56O12/c1-17-22(35)23(36)25(38)28(44-17)42-13-19-27(41-4)24(37)26(39)29(45-19)43-16-30(2)9-5-10-31(3)20(30)8-11-32-12-18(6-7-21(31)32)33(40,14-32)15-34/h17-29,34-40H,5-16H2,1-4H3/t17-,18+,19+,20+,21-,22-,23+,24+,25+,26+,27+,28+,29+,30-,31+,32-,33-/m0/s1. The first kappa shape index (κ1) is 34.4. The van der Waals surface area contributed by atoms with Crippen LogP contribution in [-0.2, 0) is 23.7 Å². The van der Waals surface area contributed by atoms with Crippen molar-refractivity contribution in [3.8, 4) is 0 Å². The fraction of sp³-hybridized carbons (Fsp3) is 1.00. The maximum atomic E-state index is 11.3. The lowest BCUT2D eigenvalue weighted by atomic mass is 9.41. The van der Waals surface area contributed by atoms with Crippen molar-refractivity contribution in [2.24, 2.45) is 34.0 Å². The van der Waals surface area contributed by atoms with Crippen LogP contribution in [0, 0.1) is 34.0 Å². The van der Waals surface area contributed by atoms with E-state index in [1.54, 1.807) is 6.92 Å². The number of aliphatic hydroxyl groups is 7. The summed E-state index contributed by atoms with van der Waals surface area (Å²) in [6, 6.07) is 0. The van der Waals surface area contributed by atoms with Gasteiger partial charge in [-0.1, -0.05) is 20.3 Å². The van der Waals surface area contributed by atoms with Gasteiger partial charge in [-0.15, -0.1) is 0 Å². The molecule has 2 heterocycles. The molecule has 1 spiro atoms. The molecule has 12 heteroatoms. The van der Waals surface area contributed by atoms with Crippen LogP contribution in [0.4, 0.5) is 0 Å². The largest absolute Gasteiger partial charge is 0.393 e. The zero-order valence-corrected chi connectivity index (χ0v) is 27.2. The first-order chi connectivity index (χ1) is 21.2. The Balaban J connectivity index is 1.13. The number of fused-ring (bicyclic) bond motifs is 3. The van der Waals surface area contributed by atoms with Crippen molar-refractivity contribution >= 4 is 0 Å². The van der Waals surface area contributed by atoms with Crippen LogP contribution in [0.5, 0.6) is 0 Å². The summed E-state index contributed by atoms with van der Waals surface area (Å²) in [5.74, 6) is 1.02. The van der Waals surface area contributed by atoms with Gasteiger partial charge in [-0.05, 0) is 92.3 Å². The molecule has 7 N–H and O–H groups in total. The zero-order valence-electron chi connectivity index (χ0n) is 27.2. The predicted molar refractivity (Wildman–Crippen MR) is 158 cm³/mol. The van der Waals surface area contributed by atoms with Gasteiger partial charge in [0.1, 0.15) is 42.7 Å². The minimum atomic E-state index is -1.49. The normalized spacial score (nSPS) is 56.5. The second kappa shape index (κ2) is 12.4. The third-order valence-corrected chi connectivity index (χ3v) is 13.4. The molecule has 6 rings (SSSR count). The van der Waals surface area contributed by atoms with Crippen molar-refractivity contribution in [2.45, 2.75) is 146 Å². The average molecular weight is 645 g/mol. The van der Waals surface area contributed by atoms with Gasteiger partial charge in [-0.25, -0.2) is 0 Å². The summed E-state index contributed by atoms with van der Waals surface area (Å²) in [5.41, 5.74) is -1.02. The van der Waals surface area contributed by atoms with Crippen LogP contribution in [0.1, 0.15) is 78.6 Å². The molecule has 0 aromatic carbocycles. The van der Waals surface area contributed by atoms with E-state index in [2.05, 4.69) is 13.8 Å². The highest BCUT2D eigenvalue weighted by molar-refractivity contribution is 5.17. The summed E-state index contributed by atoms with van der Waals surface area (Å²) in [5, 5.41) is 73.9. The van der Waals surface area contributed by atoms with Gasteiger partial charge >= 0.3 is 0 Å². The van der Waals surface area contributed by atoms with Crippen molar-refractivity contribution in [1.29, 1.82) is 0 Å². The second-order valence-corrected chi connectivity index (χ2v) is 16.0. The van der Waals surface area contributed by atoms with Crippen LogP contribution in [0.3, 0.4) is 0 Å². The molecular formula is C33H56O12. The summed E-state index contributed by atoms with van der Waals surface area (Å²) in [6.45, 7) is 6.24. The van der Waals surface area contributed by atoms with Crippen LogP contribution < -0.4 is 0 Å². The molecule has 17 atom stereocenters. The quantitative estimate of drug-likeness (QED) is 0.194. The van der Waals surface area contributed by atoms with Gasteiger partial charge < -0.3 is 59.4 Å². The van der Waals surface area contributed by atoms with E-state index in [0.29, 0.717) is 24.9 Å². The lowest BCUT2D eigenvalue weighted by Crippen LogP contribution is -2.62. The van der Waals surface area contributed by atoms with Crippen molar-refractivity contribution < 1.29 is 59.4 Å². The fourth-order valence-corrected chi connectivity index (χ4v) is 11.2. The second-order valence-electron chi connectivity index (χ2n) is 16.0. The van der Waals surface area contributed by atoms with Crippen LogP contribution in [0.15, 0.2) is 0 Å². The van der Waals surface area contributed by atoms with Crippen LogP contribution >= 0.6 is 0 Å². The van der Waals surface area contributed by atoms with E-state index in [9.17, 15) is 35.7 Å². The van der Waals surface area contributed by atoms with Gasteiger partial charge in [0, 0.05) is 7.11 Å². The van der Waals surface area contributed by atoms with Gasteiger partial charge in [0.25, 0.3) is 0 Å². The van der Waals surface area contributed by atoms with Gasteiger partial charge in [-0.3, -0.25) is 0 Å². The zero-order chi connectivity index (χ0) is 32.5. The Bertz CT molecular complexity index is 1050. The molecule has 12 nitrogen and oxygen atoms in total. The molecule has 6 fully saturated rings. The Morgan fingerprint density at radius 2 is 1.51 bits per heavy atom. The molecule has 4 saturated carbocycles. The highest BCUT2D eigenvalue weighted by Crippen LogP contribution is 2.72. The monoisotopic (exact) mass is 644 g/mol. The van der Waals surface area contributed by atoms with E-state index in [4.69, 9.17) is 23.7 Å². The van der Waals surface area contributed by atoms with E-state index in [1.807, 2.05) is 0 Å². The third-order valence-electron chi connectivity index (χ3n) is 13.4. The average Bonchev–Trinajstić information content (AvgIpc) is 3.22. The molecule has 260 valence electrons. The number of methoxy groups -OCH3 is 1. The smallest absolute Gasteiger partial charge is 0.186 e. The first-order valence-electron chi connectivity index (χ1n) is 17.0. The molecule has 2 aliphatic heterocycles. The number of aliphatic hydroxyl groups excluding tert-OH is 6. The van der Waals surface area contributed by atoms with Gasteiger partial charge in [-0.2, -0.15) is 0 Å². The Labute approximate surface area is 266 Å². The molecule has 2 saturated heterocycles. The van der Waals surface area contributed by atoms with Crippen molar-refractivity contribution in [3.63, 3.8) is 0 Å². The highest BCUT2D eigenvalue weighted by Gasteiger charge is 2.67. The molecule has 2 bridgehead atoms. The van der Waals surface area contributed by atoms with E-state index in [0.717, 1.165) is 51.4 Å². The number of rotatable bonds is 8. The van der Waals surface area contributed by atoms with Crippen molar-refractivity contribution in [2.75, 3.05) is 26.9 Å². The van der Waals surface area contributed by atoms with E-state index in [1.165, 1.54) is 7.11 Å². The maximum absolute atomic E-state index is 11.3. The predicted octanol–water partition coefficient (Wildman–Crippen LogP) is 0.445. The summed E-state index contributed by atoms with van der Waals surface area (Å²) in [4.78, 5) is 0. The molecule has 0 radical (unpaired) electrons. The van der Waals surface area contributed by atoms with Crippen LogP contribution in [0.2, 0.25) is 0 Å². The molecule has 6 aliphatic rings. The Kier molecular flexibility index (Phi) is 9.51. The van der Waals surface area contributed by atoms with Crippen LogP contribution in [0.25, 0.3) is 0 Å². The first-order valence-corrected chi connectivity index (χ1v) is 17.0. The molecule has 45 heavy (non-hydrogen) atoms. The van der Waals surface area contributed by atoms with E-state index in [-0.39, 0.29) is 35.4 Å². The van der Waals surface area contributed by atoms with E-state index >= 15 is 0 Å². The van der Waals surface area contributed by atoms with Gasteiger partial charge in [0.2, 0.25) is 0 Å². The maximum Gasteiger partial charge on any atom is 0.186 e. The van der Waals surface area contributed by atoms with Gasteiger partial charge in [0.15, 0.2) is 12.6 Å². The summed E-state index contributed by atoms with van der Waals surface area (Å²) in [7, 11) is 1.39. The third kappa shape index (κ3) is 5.62. The van der Waals surface area contributed by atoms with Gasteiger partial charge in [0.05, 0.1) is 31.5 Å². The number of ether oxygens (including phenoxy) is 5. The lowest BCUT2D eigenvalue weighted by molar-refractivity contribution is -0.334. The van der Waals surface area contributed by atoms with Crippen molar-refractivity contribution in [3.05, 3.63) is 0 Å². The Hall–Kier alpha value is -0.480. The topological polar surface area (TPSA) is 188 Å². The summed E-state index contributed by atoms with van der Waals surface area (Å²) < 4.78 is 29.3. The molecule has 0 aromatic rings. The van der Waals surface area contributed by atoms with E-state index < -0.39 is 67.0 Å². The summed E-state index contributed by atoms with van der Waals surface area (Å²) in [6.07, 6.45) is -2.98. The SMILES string of the molecule is CO[C@H]1[C@H](O)[C@@H](O)[C@H](OC[C@]2(C)CCC[C@]3(C)[C@@H]2CC[C@@]24C[C@@H](CC[C@H]23)[C@@](O)(CO)C4)O[C@@H]1CO[C@@H]1O[C@@H](C)[C@H](O)[C@@H](O)[C@H]1O. The summed E-state index contributed by atoms with van der Waals surface area (Å²) >= 11 is 0. The molecule has 0 unspecified atom stereocenters. The highest BCUT2D eigenvalue weighted by atomic mass is 16.7. The van der Waals surface area contributed by atoms with Crippen molar-refractivity contribution in [1.82, 2.24) is 0 Å².